The van der Waals surface area contributed by atoms with Crippen LogP contribution in [-0.4, -0.2) is 15.0 Å². The van der Waals surface area contributed by atoms with Gasteiger partial charge in [-0.1, -0.05) is 182 Å². The first-order valence-electron chi connectivity index (χ1n) is 21.1. The third kappa shape index (κ3) is 5.04. The van der Waals surface area contributed by atoms with Crippen molar-refractivity contribution in [3.63, 3.8) is 0 Å². The lowest BCUT2D eigenvalue weighted by Crippen LogP contribution is -2.25. The van der Waals surface area contributed by atoms with Crippen molar-refractivity contribution in [2.75, 3.05) is 0 Å². The topological polar surface area (TPSA) is 51.8 Å². The van der Waals surface area contributed by atoms with Crippen molar-refractivity contribution in [3.8, 4) is 78.7 Å². The smallest absolute Gasteiger partial charge is 0.164 e. The van der Waals surface area contributed by atoms with Crippen molar-refractivity contribution in [3.05, 3.63) is 235 Å². The van der Waals surface area contributed by atoms with Crippen molar-refractivity contribution < 1.29 is 4.42 Å². The number of furan rings is 1. The number of hydrogen-bond donors (Lipinski definition) is 0. The van der Waals surface area contributed by atoms with Gasteiger partial charge in [0.15, 0.2) is 17.5 Å². The second-order valence-electron chi connectivity index (χ2n) is 16.3. The number of rotatable bonds is 5. The van der Waals surface area contributed by atoms with Gasteiger partial charge in [0.05, 0.1) is 5.41 Å². The molecule has 2 aliphatic rings. The molecule has 2 aromatic heterocycles. The van der Waals surface area contributed by atoms with Gasteiger partial charge < -0.3 is 4.42 Å². The predicted octanol–water partition coefficient (Wildman–Crippen LogP) is 14.4. The Morgan fingerprint density at radius 2 is 0.774 bits per heavy atom. The van der Waals surface area contributed by atoms with Crippen LogP contribution in [0.15, 0.2) is 217 Å². The molecular weight excluding hydrogens is 755 g/mol. The van der Waals surface area contributed by atoms with Crippen molar-refractivity contribution in [1.82, 2.24) is 15.0 Å². The average molecular weight is 790 g/mol. The fourth-order valence-corrected chi connectivity index (χ4v) is 10.3. The molecule has 288 valence electrons. The number of para-hydroxylation sites is 1. The third-order valence-electron chi connectivity index (χ3n) is 13.0. The number of aromatic nitrogens is 3. The number of hydrogen-bond acceptors (Lipinski definition) is 4. The van der Waals surface area contributed by atoms with Gasteiger partial charge >= 0.3 is 0 Å². The quantitative estimate of drug-likeness (QED) is 0.174. The lowest BCUT2D eigenvalue weighted by molar-refractivity contribution is 0.669. The van der Waals surface area contributed by atoms with E-state index in [9.17, 15) is 0 Å². The van der Waals surface area contributed by atoms with E-state index < -0.39 is 0 Å². The van der Waals surface area contributed by atoms with Crippen LogP contribution in [0.5, 0.6) is 0 Å². The summed E-state index contributed by atoms with van der Waals surface area (Å²) in [6.07, 6.45) is 0. The van der Waals surface area contributed by atoms with E-state index in [-0.39, 0.29) is 5.41 Å². The number of benzene rings is 9. The van der Waals surface area contributed by atoms with E-state index in [1.54, 1.807) is 0 Å². The first-order chi connectivity index (χ1) is 30.7. The molecule has 4 heteroatoms. The molecule has 0 N–H and O–H groups in total. The first kappa shape index (κ1) is 34.6. The minimum absolute atomic E-state index is 0.370. The molecule has 2 heterocycles. The Labute approximate surface area is 358 Å². The zero-order valence-electron chi connectivity index (χ0n) is 33.5. The number of fused-ring (bicyclic) bond motifs is 13. The van der Waals surface area contributed by atoms with Crippen LogP contribution in [-0.2, 0) is 5.41 Å². The second-order valence-corrected chi connectivity index (χ2v) is 16.3. The van der Waals surface area contributed by atoms with E-state index in [2.05, 4.69) is 152 Å². The summed E-state index contributed by atoms with van der Waals surface area (Å²) in [4.78, 5) is 15.2. The van der Waals surface area contributed by atoms with Gasteiger partial charge in [-0.25, -0.2) is 15.0 Å². The van der Waals surface area contributed by atoms with Gasteiger partial charge in [0, 0.05) is 27.5 Å². The van der Waals surface area contributed by atoms with Crippen LogP contribution in [0.2, 0.25) is 0 Å². The second kappa shape index (κ2) is 13.4. The van der Waals surface area contributed by atoms with Gasteiger partial charge in [0.1, 0.15) is 11.2 Å². The van der Waals surface area contributed by atoms with Crippen LogP contribution in [0, 0.1) is 0 Å². The van der Waals surface area contributed by atoms with E-state index in [0.717, 1.165) is 49.8 Å². The van der Waals surface area contributed by atoms with E-state index in [4.69, 9.17) is 19.4 Å². The Morgan fingerprint density at radius 3 is 1.52 bits per heavy atom. The van der Waals surface area contributed by atoms with E-state index >= 15 is 0 Å². The molecule has 0 fully saturated rings. The summed E-state index contributed by atoms with van der Waals surface area (Å²) in [5.74, 6) is 1.85. The molecule has 0 atom stereocenters. The molecule has 1 spiro atoms. The highest BCUT2D eigenvalue weighted by Crippen LogP contribution is 2.63. The zero-order chi connectivity index (χ0) is 40.8. The van der Waals surface area contributed by atoms with Crippen LogP contribution < -0.4 is 0 Å². The van der Waals surface area contributed by atoms with Crippen LogP contribution in [0.4, 0.5) is 0 Å². The molecule has 0 saturated carbocycles. The van der Waals surface area contributed by atoms with Crippen LogP contribution in [0.1, 0.15) is 22.3 Å². The van der Waals surface area contributed by atoms with Gasteiger partial charge in [0.25, 0.3) is 0 Å². The summed E-state index contributed by atoms with van der Waals surface area (Å²) in [6.45, 7) is 0. The molecule has 0 saturated heterocycles. The highest BCUT2D eigenvalue weighted by Gasteiger charge is 2.51. The summed E-state index contributed by atoms with van der Waals surface area (Å²) >= 11 is 0. The summed E-state index contributed by atoms with van der Waals surface area (Å²) < 4.78 is 6.14. The maximum atomic E-state index is 6.14. The van der Waals surface area contributed by atoms with E-state index in [0.29, 0.717) is 17.5 Å². The van der Waals surface area contributed by atoms with Crippen LogP contribution >= 0.6 is 0 Å². The molecule has 0 radical (unpaired) electrons. The predicted molar refractivity (Wildman–Crippen MR) is 251 cm³/mol. The normalized spacial score (nSPS) is 13.0. The highest BCUT2D eigenvalue weighted by atomic mass is 16.3. The Hall–Kier alpha value is -8.21. The van der Waals surface area contributed by atoms with Crippen molar-refractivity contribution in [2.24, 2.45) is 0 Å². The van der Waals surface area contributed by atoms with Crippen molar-refractivity contribution >= 4 is 21.9 Å². The lowest BCUT2D eigenvalue weighted by atomic mass is 9.70. The van der Waals surface area contributed by atoms with Crippen molar-refractivity contribution in [2.45, 2.75) is 5.41 Å². The SMILES string of the molecule is c1ccc(-c2nc(-c3cccc(-c4ccc(-c5cccc6c5-c5ccccc5C65c6ccccc6-c6ccccc65)cc4)c3)nc(-c3ccc4oc5ccccc5c4c3)n2)cc1. The Balaban J connectivity index is 0.900. The molecule has 11 aromatic rings. The summed E-state index contributed by atoms with van der Waals surface area (Å²) in [5, 5.41) is 2.10. The van der Waals surface area contributed by atoms with Gasteiger partial charge in [-0.15, -0.1) is 0 Å². The minimum Gasteiger partial charge on any atom is -0.456 e. The molecule has 0 bridgehead atoms. The maximum absolute atomic E-state index is 6.14. The standard InChI is InChI=1S/C58H35N3O/c1-2-14-38(15-3-1)55-59-56(61-57(60-55)41-32-33-53-47(35-41)45-20-7-11-27-52(45)62-53)40-17-12-16-39(34-40)36-28-30-37(31-29-36)42-22-13-26-51-54(42)46-21-6-10-25-50(46)58(51)48-23-8-4-18-43(48)44-19-5-9-24-49(44)58/h1-35H. The van der Waals surface area contributed by atoms with E-state index in [1.807, 2.05) is 60.7 Å². The van der Waals surface area contributed by atoms with Crippen LogP contribution in [0.25, 0.3) is 101 Å². The fraction of sp³-hybridized carbons (Fsp3) is 0.0172. The van der Waals surface area contributed by atoms with Gasteiger partial charge in [-0.3, -0.25) is 0 Å². The molecule has 9 aromatic carbocycles. The van der Waals surface area contributed by atoms with E-state index in [1.165, 1.54) is 55.6 Å². The molecule has 0 amide bonds. The molecule has 0 aliphatic heterocycles. The maximum Gasteiger partial charge on any atom is 0.164 e. The fourth-order valence-electron chi connectivity index (χ4n) is 10.3. The Morgan fingerprint density at radius 1 is 0.290 bits per heavy atom. The average Bonchev–Trinajstić information content (AvgIpc) is 3.98. The largest absolute Gasteiger partial charge is 0.456 e. The van der Waals surface area contributed by atoms with Crippen LogP contribution in [0.3, 0.4) is 0 Å². The monoisotopic (exact) mass is 789 g/mol. The third-order valence-corrected chi connectivity index (χ3v) is 13.0. The number of nitrogens with zero attached hydrogens (tertiary/aromatic N) is 3. The minimum atomic E-state index is -0.370. The highest BCUT2D eigenvalue weighted by molar-refractivity contribution is 6.06. The molecule has 2 aliphatic carbocycles. The zero-order valence-corrected chi connectivity index (χ0v) is 33.5. The van der Waals surface area contributed by atoms with Crippen molar-refractivity contribution in [1.29, 1.82) is 0 Å². The van der Waals surface area contributed by atoms with Gasteiger partial charge in [-0.05, 0) is 97.1 Å². The molecule has 13 rings (SSSR count). The first-order valence-corrected chi connectivity index (χ1v) is 21.1. The summed E-state index contributed by atoms with van der Waals surface area (Å²) in [5.41, 5.74) is 19.3. The molecule has 0 unspecified atom stereocenters. The lowest BCUT2D eigenvalue weighted by Gasteiger charge is -2.30. The van der Waals surface area contributed by atoms with Gasteiger partial charge in [0.2, 0.25) is 0 Å². The molecule has 4 nitrogen and oxygen atoms in total. The summed E-state index contributed by atoms with van der Waals surface area (Å²) in [7, 11) is 0. The Bertz CT molecular complexity index is 3540. The summed E-state index contributed by atoms with van der Waals surface area (Å²) in [6, 6.07) is 75.8. The molecule has 62 heavy (non-hydrogen) atoms. The van der Waals surface area contributed by atoms with Gasteiger partial charge in [-0.2, -0.15) is 0 Å². The molecular formula is C58H35N3O. The Kier molecular flexibility index (Phi) is 7.49.